The maximum Gasteiger partial charge on any atom is 0.324 e. The van der Waals surface area contributed by atoms with Gasteiger partial charge in [-0.3, -0.25) is 10.1 Å². The number of likely N-dealkylation sites (tertiary alicyclic amines) is 1. The molecule has 1 aliphatic rings. The van der Waals surface area contributed by atoms with E-state index < -0.39 is 0 Å². The van der Waals surface area contributed by atoms with Gasteiger partial charge in [-0.05, 0) is 61.9 Å². The number of aromatic amines is 1. The van der Waals surface area contributed by atoms with Crippen LogP contribution in [0.1, 0.15) is 60.8 Å². The van der Waals surface area contributed by atoms with E-state index in [1.807, 2.05) is 90.8 Å². The van der Waals surface area contributed by atoms with E-state index in [1.54, 1.807) is 4.68 Å². The molecule has 2 aromatic heterocycles. The molecular formula is C36H40N6O2. The lowest BCUT2D eigenvalue weighted by atomic mass is 9.89. The summed E-state index contributed by atoms with van der Waals surface area (Å²) >= 11 is 0. The maximum absolute atomic E-state index is 13.3. The van der Waals surface area contributed by atoms with E-state index in [0.29, 0.717) is 11.7 Å². The van der Waals surface area contributed by atoms with Gasteiger partial charge in [0, 0.05) is 47.4 Å². The van der Waals surface area contributed by atoms with Gasteiger partial charge in [0.1, 0.15) is 5.82 Å². The van der Waals surface area contributed by atoms with Crippen molar-refractivity contribution in [3.05, 3.63) is 107 Å². The van der Waals surface area contributed by atoms with Crippen molar-refractivity contribution in [1.29, 1.82) is 0 Å². The first-order chi connectivity index (χ1) is 21.2. The number of fused-ring (bicyclic) bond motifs is 1. The van der Waals surface area contributed by atoms with E-state index >= 15 is 0 Å². The molecule has 44 heavy (non-hydrogen) atoms. The highest BCUT2D eigenvalue weighted by Gasteiger charge is 2.26. The van der Waals surface area contributed by atoms with Crippen LogP contribution in [0.3, 0.4) is 0 Å². The Bertz CT molecular complexity index is 1790. The predicted octanol–water partition coefficient (Wildman–Crippen LogP) is 7.70. The fraction of sp³-hybridized carbons (Fsp3) is 0.306. The summed E-state index contributed by atoms with van der Waals surface area (Å²) in [6.07, 6.45) is 4.49. The molecule has 3 aromatic carbocycles. The number of nitrogens with zero attached hydrogens (tertiary/aromatic N) is 3. The quantitative estimate of drug-likeness (QED) is 0.190. The number of para-hydroxylation sites is 2. The Morgan fingerprint density at radius 1 is 0.932 bits per heavy atom. The molecule has 0 atom stereocenters. The number of rotatable bonds is 6. The Balaban J connectivity index is 1.11. The normalized spacial score (nSPS) is 14.1. The molecule has 1 saturated heterocycles. The molecule has 5 aromatic rings. The Morgan fingerprint density at radius 3 is 2.39 bits per heavy atom. The van der Waals surface area contributed by atoms with Crippen molar-refractivity contribution in [2.75, 3.05) is 23.7 Å². The average molecular weight is 589 g/mol. The Labute approximate surface area is 258 Å². The lowest BCUT2D eigenvalue weighted by Crippen LogP contribution is -2.38. The van der Waals surface area contributed by atoms with Gasteiger partial charge in [0.25, 0.3) is 5.91 Å². The van der Waals surface area contributed by atoms with Crippen LogP contribution in [-0.2, 0) is 11.8 Å². The van der Waals surface area contributed by atoms with Crippen LogP contribution in [0.2, 0.25) is 0 Å². The Kier molecular flexibility index (Phi) is 7.99. The number of carbonyl (C=O) groups is 2. The van der Waals surface area contributed by atoms with Gasteiger partial charge in [0.05, 0.1) is 16.9 Å². The van der Waals surface area contributed by atoms with Gasteiger partial charge in [-0.1, -0.05) is 74.9 Å². The molecule has 0 spiro atoms. The summed E-state index contributed by atoms with van der Waals surface area (Å²) in [7, 11) is 0. The molecule has 1 aliphatic heterocycles. The van der Waals surface area contributed by atoms with Crippen LogP contribution in [-0.4, -0.2) is 44.7 Å². The zero-order chi connectivity index (χ0) is 30.8. The monoisotopic (exact) mass is 588 g/mol. The molecule has 3 heterocycles. The first kappa shape index (κ1) is 29.2. The third kappa shape index (κ3) is 6.25. The lowest BCUT2D eigenvalue weighted by molar-refractivity contribution is 0.0692. The summed E-state index contributed by atoms with van der Waals surface area (Å²) in [5.74, 6) is 1.12. The molecule has 0 unspecified atom stereocenters. The molecule has 0 bridgehead atoms. The minimum atomic E-state index is -0.315. The summed E-state index contributed by atoms with van der Waals surface area (Å²) in [5, 5.41) is 11.9. The minimum absolute atomic E-state index is 0.0825. The van der Waals surface area contributed by atoms with Crippen molar-refractivity contribution >= 4 is 34.3 Å². The summed E-state index contributed by atoms with van der Waals surface area (Å²) in [6, 6.07) is 25.6. The molecule has 3 N–H and O–H groups in total. The van der Waals surface area contributed by atoms with Gasteiger partial charge in [-0.2, -0.15) is 5.10 Å². The smallest absolute Gasteiger partial charge is 0.324 e. The van der Waals surface area contributed by atoms with Crippen LogP contribution >= 0.6 is 0 Å². The second-order valence-electron chi connectivity index (χ2n) is 12.8. The zero-order valence-electron chi connectivity index (χ0n) is 25.9. The summed E-state index contributed by atoms with van der Waals surface area (Å²) in [6.45, 7) is 9.81. The van der Waals surface area contributed by atoms with Crippen LogP contribution in [0.25, 0.3) is 16.6 Å². The largest absolute Gasteiger partial charge is 0.360 e. The number of urea groups is 1. The highest BCUT2D eigenvalue weighted by atomic mass is 16.2. The highest BCUT2D eigenvalue weighted by molar-refractivity contribution is 6.06. The lowest BCUT2D eigenvalue weighted by Gasteiger charge is -2.32. The predicted molar refractivity (Wildman–Crippen MR) is 177 cm³/mol. The van der Waals surface area contributed by atoms with E-state index in [4.69, 9.17) is 5.10 Å². The summed E-state index contributed by atoms with van der Waals surface area (Å²) < 4.78 is 1.79. The second kappa shape index (κ2) is 12.0. The molecule has 3 amide bonds. The maximum atomic E-state index is 13.3. The number of hydrogen-bond donors (Lipinski definition) is 3. The molecule has 226 valence electrons. The van der Waals surface area contributed by atoms with Crippen molar-refractivity contribution in [1.82, 2.24) is 19.7 Å². The first-order valence-electron chi connectivity index (χ1n) is 15.3. The molecule has 1 fully saturated rings. The third-order valence-corrected chi connectivity index (χ3v) is 8.49. The first-order valence-corrected chi connectivity index (χ1v) is 15.3. The number of carbonyl (C=O) groups excluding carboxylic acids is 2. The molecule has 0 saturated carbocycles. The van der Waals surface area contributed by atoms with Crippen molar-refractivity contribution in [2.24, 2.45) is 5.92 Å². The number of piperidine rings is 1. The summed E-state index contributed by atoms with van der Waals surface area (Å²) in [5.41, 5.74) is 6.36. The van der Waals surface area contributed by atoms with Crippen LogP contribution in [0.15, 0.2) is 85.1 Å². The number of amides is 3. The standard InChI is InChI=1S/C36H40N6O2/c1-24-13-15-27(16-14-24)42-33(22-32(40-42)36(2,3)4)39-35(44)38-30-11-7-5-9-26(30)21-25-17-19-41(20-18-25)34(43)29-23-37-31-12-8-6-10-28(29)31/h5-16,22-23,25,37H,17-21H2,1-4H3,(H2,38,39,44). The number of anilines is 2. The van der Waals surface area contributed by atoms with E-state index in [9.17, 15) is 9.59 Å². The number of aromatic nitrogens is 3. The molecule has 8 nitrogen and oxygen atoms in total. The molecule has 0 aliphatic carbocycles. The SMILES string of the molecule is Cc1ccc(-n2nc(C(C)(C)C)cc2NC(=O)Nc2ccccc2CC2CCN(C(=O)c3c[nH]c4ccccc34)CC2)cc1. The molecule has 8 heteroatoms. The van der Waals surface area contributed by atoms with Crippen molar-refractivity contribution in [3.8, 4) is 5.69 Å². The number of hydrogen-bond acceptors (Lipinski definition) is 3. The fourth-order valence-corrected chi connectivity index (χ4v) is 5.88. The third-order valence-electron chi connectivity index (χ3n) is 8.49. The average Bonchev–Trinajstić information content (AvgIpc) is 3.63. The summed E-state index contributed by atoms with van der Waals surface area (Å²) in [4.78, 5) is 31.8. The van der Waals surface area contributed by atoms with Gasteiger partial charge in [-0.15, -0.1) is 0 Å². The van der Waals surface area contributed by atoms with Gasteiger partial charge in [0.2, 0.25) is 0 Å². The fourth-order valence-electron chi connectivity index (χ4n) is 5.88. The van der Waals surface area contributed by atoms with Crippen LogP contribution in [0, 0.1) is 12.8 Å². The number of aryl methyl sites for hydroxylation is 1. The number of benzene rings is 3. The Morgan fingerprint density at radius 2 is 1.64 bits per heavy atom. The van der Waals surface area contributed by atoms with Crippen molar-refractivity contribution in [3.63, 3.8) is 0 Å². The van der Waals surface area contributed by atoms with Gasteiger partial charge in [-0.25, -0.2) is 9.48 Å². The van der Waals surface area contributed by atoms with Crippen LogP contribution in [0.4, 0.5) is 16.3 Å². The second-order valence-corrected chi connectivity index (χ2v) is 12.8. The minimum Gasteiger partial charge on any atom is -0.360 e. The number of H-pyrrole nitrogens is 1. The molecule has 6 rings (SSSR count). The van der Waals surface area contributed by atoms with Gasteiger partial charge < -0.3 is 15.2 Å². The van der Waals surface area contributed by atoms with Crippen LogP contribution < -0.4 is 10.6 Å². The van der Waals surface area contributed by atoms with E-state index in [2.05, 4.69) is 42.5 Å². The van der Waals surface area contributed by atoms with Crippen LogP contribution in [0.5, 0.6) is 0 Å². The molecular weight excluding hydrogens is 548 g/mol. The van der Waals surface area contributed by atoms with Crippen molar-refractivity contribution in [2.45, 2.75) is 52.4 Å². The van der Waals surface area contributed by atoms with Crippen molar-refractivity contribution < 1.29 is 9.59 Å². The topological polar surface area (TPSA) is 95.1 Å². The van der Waals surface area contributed by atoms with E-state index in [-0.39, 0.29) is 17.4 Å². The number of nitrogens with one attached hydrogen (secondary N) is 3. The highest BCUT2D eigenvalue weighted by Crippen LogP contribution is 2.29. The van der Waals surface area contributed by atoms with E-state index in [1.165, 1.54) is 0 Å². The van der Waals surface area contributed by atoms with Gasteiger partial charge >= 0.3 is 6.03 Å². The van der Waals surface area contributed by atoms with E-state index in [0.717, 1.165) is 77.0 Å². The molecule has 0 radical (unpaired) electrons. The van der Waals surface area contributed by atoms with Gasteiger partial charge in [0.15, 0.2) is 0 Å². The zero-order valence-corrected chi connectivity index (χ0v) is 25.9. The Hall–Kier alpha value is -4.85.